The SMILES string of the molecule is Cc1ccc([N+](=O)[O-])cc1C(=O)N[C@@H](CCO)C(=O)O. The third-order valence-corrected chi connectivity index (χ3v) is 2.70. The number of carbonyl (C=O) groups is 2. The van der Waals surface area contributed by atoms with E-state index in [9.17, 15) is 19.7 Å². The monoisotopic (exact) mass is 282 g/mol. The number of aliphatic carboxylic acids is 1. The fourth-order valence-electron chi connectivity index (χ4n) is 1.59. The molecule has 8 nitrogen and oxygen atoms in total. The highest BCUT2D eigenvalue weighted by atomic mass is 16.6. The number of nitrogens with one attached hydrogen (secondary N) is 1. The molecule has 0 spiro atoms. The van der Waals surface area contributed by atoms with Gasteiger partial charge in [-0.1, -0.05) is 6.07 Å². The number of aryl methyl sites for hydroxylation is 1. The van der Waals surface area contributed by atoms with Gasteiger partial charge in [0, 0.05) is 30.7 Å². The summed E-state index contributed by atoms with van der Waals surface area (Å²) >= 11 is 0. The summed E-state index contributed by atoms with van der Waals surface area (Å²) in [5.74, 6) is -2.01. The smallest absolute Gasteiger partial charge is 0.326 e. The van der Waals surface area contributed by atoms with Gasteiger partial charge in [-0.05, 0) is 12.5 Å². The zero-order valence-electron chi connectivity index (χ0n) is 10.7. The molecule has 0 radical (unpaired) electrons. The van der Waals surface area contributed by atoms with Crippen LogP contribution in [0.3, 0.4) is 0 Å². The third kappa shape index (κ3) is 3.75. The average Bonchev–Trinajstić information content (AvgIpc) is 2.38. The highest BCUT2D eigenvalue weighted by molar-refractivity contribution is 5.98. The van der Waals surface area contributed by atoms with E-state index < -0.39 is 29.4 Å². The Hall–Kier alpha value is -2.48. The normalized spacial score (nSPS) is 11.7. The van der Waals surface area contributed by atoms with Gasteiger partial charge in [0.15, 0.2) is 0 Å². The van der Waals surface area contributed by atoms with Crippen molar-refractivity contribution in [2.45, 2.75) is 19.4 Å². The predicted molar refractivity (Wildman–Crippen MR) is 68.4 cm³/mol. The number of benzene rings is 1. The van der Waals surface area contributed by atoms with E-state index in [4.69, 9.17) is 10.2 Å². The van der Waals surface area contributed by atoms with E-state index in [1.54, 1.807) is 6.92 Å². The molecule has 0 fully saturated rings. The van der Waals surface area contributed by atoms with Gasteiger partial charge in [0.1, 0.15) is 6.04 Å². The zero-order chi connectivity index (χ0) is 15.3. The summed E-state index contributed by atoms with van der Waals surface area (Å²) in [4.78, 5) is 32.9. The number of carboxylic acid groups (broad SMARTS) is 1. The molecule has 1 aromatic carbocycles. The molecular weight excluding hydrogens is 268 g/mol. The average molecular weight is 282 g/mol. The summed E-state index contributed by atoms with van der Waals surface area (Å²) in [6, 6.07) is 2.51. The Morgan fingerprint density at radius 1 is 1.45 bits per heavy atom. The van der Waals surface area contributed by atoms with Crippen molar-refractivity contribution < 1.29 is 24.7 Å². The number of nitro benzene ring substituents is 1. The summed E-state index contributed by atoms with van der Waals surface area (Å²) in [7, 11) is 0. The van der Waals surface area contributed by atoms with Crippen molar-refractivity contribution in [2.24, 2.45) is 0 Å². The van der Waals surface area contributed by atoms with E-state index in [1.807, 2.05) is 0 Å². The van der Waals surface area contributed by atoms with Crippen LogP contribution in [0.5, 0.6) is 0 Å². The van der Waals surface area contributed by atoms with Crippen LogP contribution in [-0.2, 0) is 4.79 Å². The molecule has 0 saturated heterocycles. The first-order valence-corrected chi connectivity index (χ1v) is 5.76. The van der Waals surface area contributed by atoms with Crippen LogP contribution in [-0.4, -0.2) is 39.7 Å². The highest BCUT2D eigenvalue weighted by Crippen LogP contribution is 2.17. The van der Waals surface area contributed by atoms with Crippen molar-refractivity contribution in [3.05, 3.63) is 39.4 Å². The zero-order valence-corrected chi connectivity index (χ0v) is 10.7. The van der Waals surface area contributed by atoms with E-state index in [2.05, 4.69) is 5.32 Å². The van der Waals surface area contributed by atoms with Crippen LogP contribution in [0.15, 0.2) is 18.2 Å². The van der Waals surface area contributed by atoms with Gasteiger partial charge in [-0.25, -0.2) is 4.79 Å². The summed E-state index contributed by atoms with van der Waals surface area (Å²) in [6.07, 6.45) is -0.144. The lowest BCUT2D eigenvalue weighted by molar-refractivity contribution is -0.384. The maximum absolute atomic E-state index is 12.0. The molecule has 0 unspecified atom stereocenters. The topological polar surface area (TPSA) is 130 Å². The van der Waals surface area contributed by atoms with E-state index in [0.717, 1.165) is 6.07 Å². The number of amides is 1. The number of nitro groups is 1. The molecule has 20 heavy (non-hydrogen) atoms. The molecule has 1 rings (SSSR count). The van der Waals surface area contributed by atoms with Gasteiger partial charge in [-0.2, -0.15) is 0 Å². The first kappa shape index (κ1) is 15.6. The first-order valence-electron chi connectivity index (χ1n) is 5.76. The summed E-state index contributed by atoms with van der Waals surface area (Å²) < 4.78 is 0. The molecule has 108 valence electrons. The van der Waals surface area contributed by atoms with Gasteiger partial charge in [-0.3, -0.25) is 14.9 Å². The van der Waals surface area contributed by atoms with E-state index >= 15 is 0 Å². The van der Waals surface area contributed by atoms with Crippen LogP contribution < -0.4 is 5.32 Å². The molecular formula is C12H14N2O6. The number of carboxylic acids is 1. The molecule has 1 aromatic rings. The Labute approximate surface area is 114 Å². The fraction of sp³-hybridized carbons (Fsp3) is 0.333. The molecule has 1 atom stereocenters. The van der Waals surface area contributed by atoms with E-state index in [-0.39, 0.29) is 17.7 Å². The van der Waals surface area contributed by atoms with E-state index in [1.165, 1.54) is 12.1 Å². The van der Waals surface area contributed by atoms with Crippen LogP contribution in [0.4, 0.5) is 5.69 Å². The van der Waals surface area contributed by atoms with Crippen LogP contribution in [0, 0.1) is 17.0 Å². The molecule has 0 aliphatic heterocycles. The molecule has 0 aliphatic carbocycles. The number of aliphatic hydroxyl groups excluding tert-OH is 1. The second-order valence-corrected chi connectivity index (χ2v) is 4.13. The van der Waals surface area contributed by atoms with Gasteiger partial charge in [0.25, 0.3) is 11.6 Å². The quantitative estimate of drug-likeness (QED) is 0.513. The van der Waals surface area contributed by atoms with Crippen molar-refractivity contribution >= 4 is 17.6 Å². The van der Waals surface area contributed by atoms with Crippen LogP contribution in [0.25, 0.3) is 0 Å². The molecule has 0 aliphatic rings. The minimum Gasteiger partial charge on any atom is -0.480 e. The number of non-ortho nitro benzene ring substituents is 1. The Bertz CT molecular complexity index is 543. The lowest BCUT2D eigenvalue weighted by Gasteiger charge is -2.14. The molecule has 0 heterocycles. The van der Waals surface area contributed by atoms with Crippen molar-refractivity contribution in [2.75, 3.05) is 6.61 Å². The van der Waals surface area contributed by atoms with Crippen LogP contribution in [0.1, 0.15) is 22.3 Å². The van der Waals surface area contributed by atoms with Gasteiger partial charge >= 0.3 is 5.97 Å². The minimum atomic E-state index is -1.28. The van der Waals surface area contributed by atoms with Crippen molar-refractivity contribution in [1.29, 1.82) is 0 Å². The maximum Gasteiger partial charge on any atom is 0.326 e. The number of nitrogens with zero attached hydrogens (tertiary/aromatic N) is 1. The van der Waals surface area contributed by atoms with Gasteiger partial charge < -0.3 is 15.5 Å². The van der Waals surface area contributed by atoms with Crippen molar-refractivity contribution in [1.82, 2.24) is 5.32 Å². The lowest BCUT2D eigenvalue weighted by atomic mass is 10.1. The Kier molecular flexibility index (Phi) is 5.15. The number of carbonyl (C=O) groups excluding carboxylic acids is 1. The second-order valence-electron chi connectivity index (χ2n) is 4.13. The van der Waals surface area contributed by atoms with Gasteiger partial charge in [0.2, 0.25) is 0 Å². The summed E-state index contributed by atoms with van der Waals surface area (Å²) in [6.45, 7) is 1.19. The third-order valence-electron chi connectivity index (χ3n) is 2.70. The predicted octanol–water partition coefficient (Wildman–Crippen LogP) is 0.469. The van der Waals surface area contributed by atoms with Gasteiger partial charge in [-0.15, -0.1) is 0 Å². The molecule has 0 saturated carbocycles. The highest BCUT2D eigenvalue weighted by Gasteiger charge is 2.22. The largest absolute Gasteiger partial charge is 0.480 e. The summed E-state index contributed by atoms with van der Waals surface area (Å²) in [5.41, 5.74) is 0.263. The molecule has 0 bridgehead atoms. The Morgan fingerprint density at radius 2 is 2.10 bits per heavy atom. The number of rotatable bonds is 6. The number of hydrogen-bond acceptors (Lipinski definition) is 5. The van der Waals surface area contributed by atoms with Gasteiger partial charge in [0.05, 0.1) is 4.92 Å². The first-order chi connectivity index (χ1) is 9.36. The fourth-order valence-corrected chi connectivity index (χ4v) is 1.59. The van der Waals surface area contributed by atoms with Crippen LogP contribution in [0.2, 0.25) is 0 Å². The second kappa shape index (κ2) is 6.62. The standard InChI is InChI=1S/C12H14N2O6/c1-7-2-3-8(14(19)20)6-9(7)11(16)13-10(4-5-15)12(17)18/h2-3,6,10,15H,4-5H2,1H3,(H,13,16)(H,17,18)/t10-/m0/s1. The van der Waals surface area contributed by atoms with Crippen LogP contribution >= 0.6 is 0 Å². The number of aliphatic hydroxyl groups is 1. The van der Waals surface area contributed by atoms with Crippen molar-refractivity contribution in [3.63, 3.8) is 0 Å². The molecule has 0 aromatic heterocycles. The molecule has 1 amide bonds. The molecule has 3 N–H and O–H groups in total. The summed E-state index contributed by atoms with van der Waals surface area (Å²) in [5, 5.41) is 30.5. The number of hydrogen-bond donors (Lipinski definition) is 3. The van der Waals surface area contributed by atoms with Crippen molar-refractivity contribution in [3.8, 4) is 0 Å². The minimum absolute atomic E-state index is 0.0309. The lowest BCUT2D eigenvalue weighted by Crippen LogP contribution is -2.41. The van der Waals surface area contributed by atoms with E-state index in [0.29, 0.717) is 5.56 Å². The Balaban J connectivity index is 2.99. The molecule has 8 heteroatoms. The Morgan fingerprint density at radius 3 is 2.60 bits per heavy atom. The maximum atomic E-state index is 12.0.